The highest BCUT2D eigenvalue weighted by atomic mass is 16.5. The van der Waals surface area contributed by atoms with Crippen molar-refractivity contribution < 1.29 is 9.53 Å². The first kappa shape index (κ1) is 9.16. The average molecular weight is 209 g/mol. The smallest absolute Gasteiger partial charge is 0.237 e. The fourth-order valence-electron chi connectivity index (χ4n) is 1.99. The lowest BCUT2D eigenvalue weighted by atomic mass is 9.98. The monoisotopic (exact) mass is 209 g/mol. The molecule has 0 aliphatic carbocycles. The minimum Gasteiger partial charge on any atom is -0.456 e. The van der Waals surface area contributed by atoms with Gasteiger partial charge in [0.05, 0.1) is 5.56 Å². The van der Waals surface area contributed by atoms with Crippen LogP contribution < -0.4 is 4.74 Å². The number of fused-ring (bicyclic) bond motifs is 2. The molecule has 0 saturated heterocycles. The molecule has 3 rings (SSSR count). The zero-order valence-corrected chi connectivity index (χ0v) is 8.57. The van der Waals surface area contributed by atoms with Crippen LogP contribution in [0.5, 0.6) is 11.5 Å². The van der Waals surface area contributed by atoms with E-state index in [0.717, 1.165) is 23.3 Å². The third-order valence-electron chi connectivity index (χ3n) is 2.77. The van der Waals surface area contributed by atoms with Gasteiger partial charge in [-0.1, -0.05) is 30.3 Å². The van der Waals surface area contributed by atoms with Crippen molar-refractivity contribution >= 4 is 6.29 Å². The van der Waals surface area contributed by atoms with E-state index < -0.39 is 0 Å². The molecule has 0 spiro atoms. The number of ether oxygens (including phenoxy) is 1. The Morgan fingerprint density at radius 2 is 1.81 bits per heavy atom. The number of hydrogen-bond acceptors (Lipinski definition) is 2. The Balaban J connectivity index is 2.15. The molecule has 1 heterocycles. The van der Waals surface area contributed by atoms with Crippen molar-refractivity contribution in [3.8, 4) is 11.5 Å². The van der Waals surface area contributed by atoms with Crippen LogP contribution in [-0.2, 0) is 11.2 Å². The van der Waals surface area contributed by atoms with Crippen LogP contribution in [-0.4, -0.2) is 6.29 Å². The van der Waals surface area contributed by atoms with E-state index in [1.54, 1.807) is 6.07 Å². The van der Waals surface area contributed by atoms with Crippen molar-refractivity contribution in [2.45, 2.75) is 6.42 Å². The summed E-state index contributed by atoms with van der Waals surface area (Å²) in [4.78, 5) is 10.8. The Labute approximate surface area is 93.5 Å². The van der Waals surface area contributed by atoms with Crippen LogP contribution in [0.4, 0.5) is 0 Å². The van der Waals surface area contributed by atoms with Crippen LogP contribution >= 0.6 is 0 Å². The Kier molecular flexibility index (Phi) is 2.00. The minimum absolute atomic E-state index is 0.493. The van der Waals surface area contributed by atoms with E-state index in [9.17, 15) is 4.79 Å². The molecule has 0 amide bonds. The zero-order chi connectivity index (χ0) is 11.0. The lowest BCUT2D eigenvalue weighted by Gasteiger charge is -2.20. The van der Waals surface area contributed by atoms with E-state index in [2.05, 4.69) is 0 Å². The lowest BCUT2D eigenvalue weighted by Crippen LogP contribution is -2.04. The zero-order valence-electron chi connectivity index (χ0n) is 8.57. The van der Waals surface area contributed by atoms with Gasteiger partial charge in [0.15, 0.2) is 0 Å². The molecule has 77 valence electrons. The van der Waals surface area contributed by atoms with Crippen molar-refractivity contribution in [2.24, 2.45) is 0 Å². The van der Waals surface area contributed by atoms with Gasteiger partial charge in [0.25, 0.3) is 0 Å². The van der Waals surface area contributed by atoms with Gasteiger partial charge in [-0.3, -0.25) is 4.79 Å². The highest BCUT2D eigenvalue weighted by molar-refractivity contribution is 5.81. The lowest BCUT2D eigenvalue weighted by molar-refractivity contribution is 0.457. The van der Waals surface area contributed by atoms with Gasteiger partial charge in [-0.05, 0) is 17.7 Å². The van der Waals surface area contributed by atoms with Crippen LogP contribution in [0.3, 0.4) is 0 Å². The molecule has 0 atom stereocenters. The van der Waals surface area contributed by atoms with E-state index in [0.29, 0.717) is 11.3 Å². The predicted molar refractivity (Wildman–Crippen MR) is 60.6 cm³/mol. The molecule has 0 aromatic heterocycles. The van der Waals surface area contributed by atoms with Crippen molar-refractivity contribution in [2.75, 3.05) is 0 Å². The van der Waals surface area contributed by atoms with Crippen LogP contribution in [0.25, 0.3) is 0 Å². The summed E-state index contributed by atoms with van der Waals surface area (Å²) >= 11 is 0. The van der Waals surface area contributed by atoms with Crippen LogP contribution in [0.2, 0.25) is 0 Å². The van der Waals surface area contributed by atoms with Gasteiger partial charge in [0.1, 0.15) is 11.5 Å². The highest BCUT2D eigenvalue weighted by Gasteiger charge is 2.18. The third-order valence-corrected chi connectivity index (χ3v) is 2.77. The minimum atomic E-state index is 0.493. The Bertz CT molecular complexity index is 558. The van der Waals surface area contributed by atoms with E-state index in [4.69, 9.17) is 4.74 Å². The SMILES string of the molecule is O=[C]c1cccc2c1Oc1ccccc1C2. The molecule has 1 aliphatic heterocycles. The Hall–Kier alpha value is -2.09. The van der Waals surface area contributed by atoms with E-state index in [1.165, 1.54) is 0 Å². The summed E-state index contributed by atoms with van der Waals surface area (Å²) in [6.07, 6.45) is 2.72. The molecule has 2 nitrogen and oxygen atoms in total. The molecule has 2 aromatic rings. The van der Waals surface area contributed by atoms with Gasteiger partial charge in [-0.15, -0.1) is 0 Å². The van der Waals surface area contributed by atoms with Gasteiger partial charge >= 0.3 is 0 Å². The van der Waals surface area contributed by atoms with Gasteiger partial charge in [-0.25, -0.2) is 0 Å². The Morgan fingerprint density at radius 3 is 2.69 bits per heavy atom. The quantitative estimate of drug-likeness (QED) is 0.616. The molecular weight excluding hydrogens is 200 g/mol. The molecular formula is C14H9O2. The van der Waals surface area contributed by atoms with E-state index >= 15 is 0 Å². The number of rotatable bonds is 1. The fraction of sp³-hybridized carbons (Fsp3) is 0.0714. The maximum atomic E-state index is 10.8. The highest BCUT2D eigenvalue weighted by Crippen LogP contribution is 2.37. The third kappa shape index (κ3) is 1.31. The van der Waals surface area contributed by atoms with E-state index in [1.807, 2.05) is 42.7 Å². The number of hydrogen-bond donors (Lipinski definition) is 0. The summed E-state index contributed by atoms with van der Waals surface area (Å²) in [5.74, 6) is 1.48. The second-order valence-corrected chi connectivity index (χ2v) is 3.78. The second-order valence-electron chi connectivity index (χ2n) is 3.78. The Morgan fingerprint density at radius 1 is 1.00 bits per heavy atom. The largest absolute Gasteiger partial charge is 0.456 e. The van der Waals surface area contributed by atoms with Crippen LogP contribution in [0, 0.1) is 0 Å². The van der Waals surface area contributed by atoms with Crippen molar-refractivity contribution in [1.29, 1.82) is 0 Å². The summed E-state index contributed by atoms with van der Waals surface area (Å²) in [7, 11) is 0. The topological polar surface area (TPSA) is 26.3 Å². The van der Waals surface area contributed by atoms with Crippen molar-refractivity contribution in [3.05, 3.63) is 59.2 Å². The van der Waals surface area contributed by atoms with Crippen LogP contribution in [0.1, 0.15) is 16.7 Å². The molecule has 16 heavy (non-hydrogen) atoms. The summed E-state index contributed by atoms with van der Waals surface area (Å²) in [5.41, 5.74) is 2.68. The molecule has 0 bridgehead atoms. The van der Waals surface area contributed by atoms with Gasteiger partial charge in [-0.2, -0.15) is 0 Å². The van der Waals surface area contributed by atoms with Crippen LogP contribution in [0.15, 0.2) is 42.5 Å². The molecule has 2 aromatic carbocycles. The maximum Gasteiger partial charge on any atom is 0.237 e. The molecule has 0 saturated carbocycles. The first-order valence-corrected chi connectivity index (χ1v) is 5.14. The van der Waals surface area contributed by atoms with Crippen molar-refractivity contribution in [3.63, 3.8) is 0 Å². The molecule has 2 heteroatoms. The number of benzene rings is 2. The molecule has 0 N–H and O–H groups in total. The van der Waals surface area contributed by atoms with Gasteiger partial charge in [0, 0.05) is 12.0 Å². The summed E-state index contributed by atoms with van der Waals surface area (Å²) in [6.45, 7) is 0. The molecule has 1 radical (unpaired) electrons. The first-order valence-electron chi connectivity index (χ1n) is 5.14. The molecule has 0 fully saturated rings. The van der Waals surface area contributed by atoms with Gasteiger partial charge in [0.2, 0.25) is 6.29 Å². The fourth-order valence-corrected chi connectivity index (χ4v) is 1.99. The second kappa shape index (κ2) is 3.49. The normalized spacial score (nSPS) is 12.2. The first-order chi connectivity index (χ1) is 7.88. The van der Waals surface area contributed by atoms with Crippen molar-refractivity contribution in [1.82, 2.24) is 0 Å². The van der Waals surface area contributed by atoms with Gasteiger partial charge < -0.3 is 4.74 Å². The standard InChI is InChI=1S/C14H9O2/c15-9-12-6-3-5-11-8-10-4-1-2-7-13(10)16-14(11)12/h1-7H,8H2. The van der Waals surface area contributed by atoms with E-state index in [-0.39, 0.29) is 0 Å². The summed E-state index contributed by atoms with van der Waals surface area (Å²) in [5, 5.41) is 0. The maximum absolute atomic E-state index is 10.8. The summed E-state index contributed by atoms with van der Waals surface area (Å²) < 4.78 is 5.74. The number of carbonyl (C=O) groups excluding carboxylic acids is 1. The summed E-state index contributed by atoms with van der Waals surface area (Å²) in [6, 6.07) is 13.4. The molecule has 0 unspecified atom stereocenters. The predicted octanol–water partition coefficient (Wildman–Crippen LogP) is 2.84. The average Bonchev–Trinajstić information content (AvgIpc) is 2.35. The molecule has 1 aliphatic rings. The number of para-hydroxylation sites is 2.